The molecule has 0 aromatic heterocycles. The summed E-state index contributed by atoms with van der Waals surface area (Å²) in [4.78, 5) is 24.7. The quantitative estimate of drug-likeness (QED) is 0.491. The Morgan fingerprint density at radius 1 is 1.19 bits per heavy atom. The number of ether oxygens (including phenoxy) is 1. The monoisotopic (exact) mass is 486 g/mol. The van der Waals surface area contributed by atoms with Crippen LogP contribution in [0.15, 0.2) is 58.5 Å². The van der Waals surface area contributed by atoms with Gasteiger partial charge in [0.1, 0.15) is 11.7 Å². The van der Waals surface area contributed by atoms with Gasteiger partial charge >= 0.3 is 12.0 Å². The highest BCUT2D eigenvalue weighted by Crippen LogP contribution is 2.33. The lowest BCUT2D eigenvalue weighted by molar-refractivity contribution is -0.147. The second-order valence-electron chi connectivity index (χ2n) is 6.55. The van der Waals surface area contributed by atoms with Crippen LogP contribution in [0.4, 0.5) is 9.18 Å². The van der Waals surface area contributed by atoms with Gasteiger partial charge in [0, 0.05) is 10.7 Å². The van der Waals surface area contributed by atoms with E-state index in [0.29, 0.717) is 10.6 Å². The number of hydrogen-bond acceptors (Lipinski definition) is 5. The van der Waals surface area contributed by atoms with Crippen molar-refractivity contribution in [2.24, 2.45) is 5.92 Å². The van der Waals surface area contributed by atoms with Crippen molar-refractivity contribution in [1.82, 2.24) is 10.6 Å². The van der Waals surface area contributed by atoms with Crippen molar-refractivity contribution >= 4 is 45.0 Å². The fourth-order valence-electron chi connectivity index (χ4n) is 3.08. The topological polar surface area (TPSA) is 102 Å². The molecule has 0 aliphatic carbocycles. The van der Waals surface area contributed by atoms with Crippen LogP contribution in [-0.4, -0.2) is 27.0 Å². The molecule has 2 N–H and O–H groups in total. The predicted molar refractivity (Wildman–Crippen MR) is 113 cm³/mol. The molecule has 1 heterocycles. The summed E-state index contributed by atoms with van der Waals surface area (Å²) in [7, 11) is -4.20. The lowest BCUT2D eigenvalue weighted by Gasteiger charge is -2.33. The molecular formula is C20H17Cl2FN2O5S. The van der Waals surface area contributed by atoms with Gasteiger partial charge in [0.05, 0.1) is 28.0 Å². The summed E-state index contributed by atoms with van der Waals surface area (Å²) in [5.41, 5.74) is 0.327. The first-order valence-corrected chi connectivity index (χ1v) is 11.3. The number of benzene rings is 2. The average molecular weight is 487 g/mol. The van der Waals surface area contributed by atoms with Gasteiger partial charge in [-0.15, -0.1) is 0 Å². The Bertz CT molecular complexity index is 1150. The number of hydrogen-bond donors (Lipinski definition) is 2. The van der Waals surface area contributed by atoms with Crippen LogP contribution in [0.2, 0.25) is 10.0 Å². The fourth-order valence-corrected chi connectivity index (χ4v) is 4.67. The van der Waals surface area contributed by atoms with Crippen LogP contribution in [0, 0.1) is 11.7 Å². The van der Waals surface area contributed by atoms with E-state index in [2.05, 4.69) is 10.6 Å². The molecule has 2 amide bonds. The normalized spacial score (nSPS) is 20.1. The van der Waals surface area contributed by atoms with Gasteiger partial charge in [-0.3, -0.25) is 4.79 Å². The Morgan fingerprint density at radius 3 is 2.48 bits per heavy atom. The number of urea groups is 1. The molecule has 0 saturated carbocycles. The van der Waals surface area contributed by atoms with E-state index in [1.54, 1.807) is 31.2 Å². The summed E-state index contributed by atoms with van der Waals surface area (Å²) in [5.74, 6) is -2.71. The Kier molecular flexibility index (Phi) is 6.88. The maximum absolute atomic E-state index is 13.4. The van der Waals surface area contributed by atoms with E-state index in [4.69, 9.17) is 27.9 Å². The predicted octanol–water partition coefficient (Wildman–Crippen LogP) is 3.98. The Hall–Kier alpha value is -2.62. The summed E-state index contributed by atoms with van der Waals surface area (Å²) in [6.07, 6.45) is 0. The SMILES string of the molecule is CCOC(=O)[C@@H]1/C(=C\S(=O)(=O)c2ccc(F)c(Cl)c2)NC(=O)N[C@@H]1c1ccc(Cl)cc1. The molecule has 0 unspecified atom stereocenters. The lowest BCUT2D eigenvalue weighted by Crippen LogP contribution is -2.51. The highest BCUT2D eigenvalue weighted by Gasteiger charge is 2.40. The number of rotatable bonds is 5. The third-order valence-corrected chi connectivity index (χ3v) is 6.50. The summed E-state index contributed by atoms with van der Waals surface area (Å²) >= 11 is 11.6. The second-order valence-corrected chi connectivity index (χ2v) is 9.19. The maximum atomic E-state index is 13.4. The van der Waals surface area contributed by atoms with Crippen molar-refractivity contribution in [2.45, 2.75) is 17.9 Å². The minimum Gasteiger partial charge on any atom is -0.465 e. The standard InChI is InChI=1S/C20H17Cl2FN2O5S/c1-2-30-19(26)17-16(10-31(28,29)13-7-8-15(23)14(22)9-13)24-20(27)25-18(17)11-3-5-12(21)6-4-11/h3-10,17-18H,2H2,1H3,(H2,24,25,27)/b16-10+/t17-,18-/m1/s1. The largest absolute Gasteiger partial charge is 0.465 e. The molecular weight excluding hydrogens is 470 g/mol. The molecule has 164 valence electrons. The second kappa shape index (κ2) is 9.25. The summed E-state index contributed by atoms with van der Waals surface area (Å²) in [6, 6.07) is 7.64. The van der Waals surface area contributed by atoms with Crippen molar-refractivity contribution in [2.75, 3.05) is 6.61 Å². The minimum atomic E-state index is -4.20. The lowest BCUT2D eigenvalue weighted by atomic mass is 9.89. The zero-order valence-corrected chi connectivity index (χ0v) is 18.4. The van der Waals surface area contributed by atoms with Gasteiger partial charge in [-0.25, -0.2) is 17.6 Å². The molecule has 3 rings (SSSR count). The molecule has 1 fully saturated rings. The Morgan fingerprint density at radius 2 is 1.87 bits per heavy atom. The van der Waals surface area contributed by atoms with E-state index >= 15 is 0 Å². The van der Waals surface area contributed by atoms with Gasteiger partial charge < -0.3 is 15.4 Å². The molecule has 1 saturated heterocycles. The highest BCUT2D eigenvalue weighted by molar-refractivity contribution is 7.94. The molecule has 0 bridgehead atoms. The van der Waals surface area contributed by atoms with E-state index in [9.17, 15) is 22.4 Å². The van der Waals surface area contributed by atoms with Crippen LogP contribution in [-0.2, 0) is 19.4 Å². The van der Waals surface area contributed by atoms with Gasteiger partial charge in [-0.2, -0.15) is 0 Å². The van der Waals surface area contributed by atoms with Gasteiger partial charge in [0.2, 0.25) is 9.84 Å². The number of esters is 1. The van der Waals surface area contributed by atoms with Crippen molar-refractivity contribution < 1.29 is 27.1 Å². The van der Waals surface area contributed by atoms with Crippen LogP contribution < -0.4 is 10.6 Å². The van der Waals surface area contributed by atoms with Crippen LogP contribution in [0.1, 0.15) is 18.5 Å². The number of carbonyl (C=O) groups is 2. The summed E-state index contributed by atoms with van der Waals surface area (Å²) in [5, 5.41) is 5.80. The first kappa shape index (κ1) is 23.1. The molecule has 1 aliphatic rings. The van der Waals surface area contributed by atoms with E-state index in [-0.39, 0.29) is 22.2 Å². The van der Waals surface area contributed by atoms with E-state index in [1.165, 1.54) is 0 Å². The molecule has 31 heavy (non-hydrogen) atoms. The number of carbonyl (C=O) groups excluding carboxylic acids is 2. The van der Waals surface area contributed by atoms with Crippen LogP contribution >= 0.6 is 23.2 Å². The molecule has 2 aromatic rings. The van der Waals surface area contributed by atoms with Gasteiger partial charge in [0.15, 0.2) is 0 Å². The van der Waals surface area contributed by atoms with Crippen LogP contribution in [0.5, 0.6) is 0 Å². The fraction of sp³-hybridized carbons (Fsp3) is 0.200. The zero-order chi connectivity index (χ0) is 22.8. The third kappa shape index (κ3) is 5.17. The number of sulfone groups is 1. The Labute approximate surface area is 188 Å². The van der Waals surface area contributed by atoms with Crippen molar-refractivity contribution in [1.29, 1.82) is 0 Å². The number of halogens is 3. The van der Waals surface area contributed by atoms with Crippen molar-refractivity contribution in [3.8, 4) is 0 Å². The molecule has 11 heteroatoms. The summed E-state index contributed by atoms with van der Waals surface area (Å²) < 4.78 is 44.3. The van der Waals surface area contributed by atoms with E-state index in [1.807, 2.05) is 0 Å². The van der Waals surface area contributed by atoms with Gasteiger partial charge in [-0.05, 0) is 42.8 Å². The zero-order valence-electron chi connectivity index (χ0n) is 16.1. The van der Waals surface area contributed by atoms with Crippen LogP contribution in [0.25, 0.3) is 0 Å². The molecule has 7 nitrogen and oxygen atoms in total. The van der Waals surface area contributed by atoms with Crippen molar-refractivity contribution in [3.63, 3.8) is 0 Å². The van der Waals surface area contributed by atoms with Crippen molar-refractivity contribution in [3.05, 3.63) is 75.0 Å². The maximum Gasteiger partial charge on any atom is 0.319 e. The third-order valence-electron chi connectivity index (χ3n) is 4.48. The highest BCUT2D eigenvalue weighted by atomic mass is 35.5. The minimum absolute atomic E-state index is 0.0459. The molecule has 2 aromatic carbocycles. The van der Waals surface area contributed by atoms with E-state index < -0.39 is 39.6 Å². The first-order chi connectivity index (χ1) is 14.6. The molecule has 1 aliphatic heterocycles. The Balaban J connectivity index is 2.10. The molecule has 0 radical (unpaired) electrons. The summed E-state index contributed by atoms with van der Waals surface area (Å²) in [6.45, 7) is 1.65. The van der Waals surface area contributed by atoms with Gasteiger partial charge in [-0.1, -0.05) is 35.3 Å². The average Bonchev–Trinajstić information content (AvgIpc) is 2.70. The molecule has 0 spiro atoms. The molecule has 2 atom stereocenters. The van der Waals surface area contributed by atoms with Gasteiger partial charge in [0.25, 0.3) is 0 Å². The van der Waals surface area contributed by atoms with Crippen LogP contribution in [0.3, 0.4) is 0 Å². The number of nitrogens with one attached hydrogen (secondary N) is 2. The first-order valence-electron chi connectivity index (χ1n) is 9.03. The van der Waals surface area contributed by atoms with E-state index in [0.717, 1.165) is 23.6 Å². The number of amides is 2. The smallest absolute Gasteiger partial charge is 0.319 e.